The van der Waals surface area contributed by atoms with Gasteiger partial charge in [-0.1, -0.05) is 17.3 Å². The minimum atomic E-state index is -0.638. The van der Waals surface area contributed by atoms with Gasteiger partial charge in [-0.2, -0.15) is 4.98 Å². The first-order valence-electron chi connectivity index (χ1n) is 9.49. The van der Waals surface area contributed by atoms with E-state index in [1.165, 1.54) is 12.4 Å². The van der Waals surface area contributed by atoms with Crippen molar-refractivity contribution in [2.24, 2.45) is 0 Å². The normalized spacial score (nSPS) is 10.5. The van der Waals surface area contributed by atoms with Crippen molar-refractivity contribution in [1.29, 1.82) is 0 Å². The SMILES string of the molecule is CCOc1ccccc1-c1noc(COC(=O)c2cccnc2Oc2cccnc2)n1. The highest BCUT2D eigenvalue weighted by Gasteiger charge is 2.18. The molecule has 0 spiro atoms. The number of pyridine rings is 2. The summed E-state index contributed by atoms with van der Waals surface area (Å²) in [5, 5.41) is 3.95. The summed E-state index contributed by atoms with van der Waals surface area (Å²) in [5.41, 5.74) is 0.845. The summed E-state index contributed by atoms with van der Waals surface area (Å²) in [6.45, 7) is 2.19. The predicted octanol–water partition coefficient (Wildman–Crippen LogP) is 4.07. The van der Waals surface area contributed by atoms with Crippen LogP contribution in [-0.2, 0) is 11.3 Å². The quantitative estimate of drug-likeness (QED) is 0.391. The topological polar surface area (TPSA) is 109 Å². The molecule has 0 aliphatic rings. The maximum absolute atomic E-state index is 12.6. The summed E-state index contributed by atoms with van der Waals surface area (Å²) in [5.74, 6) is 1.05. The number of hydrogen-bond donors (Lipinski definition) is 0. The molecule has 31 heavy (non-hydrogen) atoms. The van der Waals surface area contributed by atoms with Crippen LogP contribution in [0.5, 0.6) is 17.4 Å². The van der Waals surface area contributed by atoms with Crippen LogP contribution in [0.25, 0.3) is 11.4 Å². The first-order chi connectivity index (χ1) is 15.2. The van der Waals surface area contributed by atoms with Crippen LogP contribution < -0.4 is 9.47 Å². The highest BCUT2D eigenvalue weighted by atomic mass is 16.6. The van der Waals surface area contributed by atoms with E-state index in [1.54, 1.807) is 30.5 Å². The summed E-state index contributed by atoms with van der Waals surface area (Å²) in [6.07, 6.45) is 4.65. The van der Waals surface area contributed by atoms with E-state index in [4.69, 9.17) is 18.7 Å². The molecule has 9 nitrogen and oxygen atoms in total. The van der Waals surface area contributed by atoms with Gasteiger partial charge < -0.3 is 18.7 Å². The van der Waals surface area contributed by atoms with Crippen molar-refractivity contribution in [2.75, 3.05) is 6.61 Å². The Morgan fingerprint density at radius 2 is 1.94 bits per heavy atom. The zero-order valence-electron chi connectivity index (χ0n) is 16.6. The van der Waals surface area contributed by atoms with Crippen molar-refractivity contribution in [1.82, 2.24) is 20.1 Å². The second-order valence-corrected chi connectivity index (χ2v) is 6.16. The molecule has 0 aliphatic carbocycles. The van der Waals surface area contributed by atoms with E-state index in [1.807, 2.05) is 31.2 Å². The molecule has 1 aromatic carbocycles. The molecule has 3 heterocycles. The van der Waals surface area contributed by atoms with Gasteiger partial charge in [0.05, 0.1) is 18.4 Å². The van der Waals surface area contributed by atoms with Crippen LogP contribution in [-0.4, -0.2) is 32.7 Å². The van der Waals surface area contributed by atoms with Crippen LogP contribution in [0, 0.1) is 0 Å². The van der Waals surface area contributed by atoms with Crippen LogP contribution in [0.15, 0.2) is 71.6 Å². The Morgan fingerprint density at radius 1 is 1.06 bits per heavy atom. The van der Waals surface area contributed by atoms with Crippen molar-refractivity contribution < 1.29 is 23.5 Å². The Morgan fingerprint density at radius 3 is 2.77 bits per heavy atom. The number of para-hydroxylation sites is 1. The molecule has 4 rings (SSSR count). The molecule has 0 amide bonds. The van der Waals surface area contributed by atoms with E-state index in [9.17, 15) is 4.79 Å². The third kappa shape index (κ3) is 4.84. The van der Waals surface area contributed by atoms with Crippen molar-refractivity contribution >= 4 is 5.97 Å². The Kier molecular flexibility index (Phi) is 6.13. The molecule has 156 valence electrons. The fourth-order valence-corrected chi connectivity index (χ4v) is 2.71. The molecule has 0 bridgehead atoms. The molecule has 3 aromatic heterocycles. The lowest BCUT2D eigenvalue weighted by Crippen LogP contribution is -2.08. The van der Waals surface area contributed by atoms with Crippen LogP contribution in [0.4, 0.5) is 0 Å². The Hall–Kier alpha value is -4.27. The minimum Gasteiger partial charge on any atom is -0.493 e. The van der Waals surface area contributed by atoms with Gasteiger partial charge in [-0.3, -0.25) is 4.98 Å². The van der Waals surface area contributed by atoms with Crippen molar-refractivity contribution in [3.63, 3.8) is 0 Å². The predicted molar refractivity (Wildman–Crippen MR) is 109 cm³/mol. The molecular weight excluding hydrogens is 400 g/mol. The first kappa shape index (κ1) is 20.0. The number of esters is 1. The summed E-state index contributed by atoms with van der Waals surface area (Å²) < 4.78 is 21.8. The maximum Gasteiger partial charge on any atom is 0.344 e. The molecule has 0 saturated carbocycles. The van der Waals surface area contributed by atoms with E-state index in [0.717, 1.165) is 0 Å². The Bertz CT molecular complexity index is 1160. The number of ether oxygens (including phenoxy) is 3. The molecule has 0 saturated heterocycles. The molecule has 0 unspecified atom stereocenters. The van der Waals surface area contributed by atoms with Gasteiger partial charge in [0.1, 0.15) is 17.1 Å². The van der Waals surface area contributed by atoms with Gasteiger partial charge in [-0.25, -0.2) is 9.78 Å². The van der Waals surface area contributed by atoms with Crippen LogP contribution in [0.1, 0.15) is 23.2 Å². The maximum atomic E-state index is 12.6. The van der Waals surface area contributed by atoms with Crippen LogP contribution >= 0.6 is 0 Å². The third-order valence-electron chi connectivity index (χ3n) is 4.06. The van der Waals surface area contributed by atoms with Gasteiger partial charge in [0.2, 0.25) is 11.7 Å². The minimum absolute atomic E-state index is 0.109. The van der Waals surface area contributed by atoms with E-state index >= 15 is 0 Å². The van der Waals surface area contributed by atoms with E-state index < -0.39 is 5.97 Å². The molecule has 4 aromatic rings. The number of hydrogen-bond acceptors (Lipinski definition) is 9. The number of carbonyl (C=O) groups excluding carboxylic acids is 1. The lowest BCUT2D eigenvalue weighted by Gasteiger charge is -2.08. The van der Waals surface area contributed by atoms with Gasteiger partial charge in [0.15, 0.2) is 6.61 Å². The first-order valence-corrected chi connectivity index (χ1v) is 9.49. The number of nitrogens with zero attached hydrogens (tertiary/aromatic N) is 4. The van der Waals surface area contributed by atoms with E-state index in [2.05, 4.69) is 20.1 Å². The highest BCUT2D eigenvalue weighted by molar-refractivity contribution is 5.91. The second-order valence-electron chi connectivity index (χ2n) is 6.16. The molecule has 0 fully saturated rings. The Labute approximate surface area is 177 Å². The zero-order chi connectivity index (χ0) is 21.5. The van der Waals surface area contributed by atoms with Gasteiger partial charge >= 0.3 is 5.97 Å². The fourth-order valence-electron chi connectivity index (χ4n) is 2.71. The van der Waals surface area contributed by atoms with Gasteiger partial charge in [-0.05, 0) is 43.3 Å². The van der Waals surface area contributed by atoms with Crippen LogP contribution in [0.2, 0.25) is 0 Å². The lowest BCUT2D eigenvalue weighted by molar-refractivity contribution is 0.0426. The summed E-state index contributed by atoms with van der Waals surface area (Å²) in [4.78, 5) is 24.9. The largest absolute Gasteiger partial charge is 0.493 e. The highest BCUT2D eigenvalue weighted by Crippen LogP contribution is 2.28. The molecule has 0 radical (unpaired) electrons. The standard InChI is InChI=1S/C22H18N4O5/c1-2-28-18-10-4-3-8-16(18)20-25-19(31-26-20)14-29-22(27)17-9-6-12-24-21(17)30-15-7-5-11-23-13-15/h3-13H,2,14H2,1H3. The third-order valence-corrected chi connectivity index (χ3v) is 4.06. The number of aromatic nitrogens is 4. The summed E-state index contributed by atoms with van der Waals surface area (Å²) >= 11 is 0. The van der Waals surface area contributed by atoms with E-state index in [0.29, 0.717) is 29.5 Å². The summed E-state index contributed by atoms with van der Waals surface area (Å²) in [6, 6.07) is 13.9. The Balaban J connectivity index is 1.45. The average Bonchev–Trinajstić information content (AvgIpc) is 3.28. The number of carbonyl (C=O) groups is 1. The summed E-state index contributed by atoms with van der Waals surface area (Å²) in [7, 11) is 0. The van der Waals surface area contributed by atoms with Gasteiger partial charge in [-0.15, -0.1) is 0 Å². The average molecular weight is 418 g/mol. The molecule has 0 N–H and O–H groups in total. The fraction of sp³-hybridized carbons (Fsp3) is 0.136. The van der Waals surface area contributed by atoms with Gasteiger partial charge in [0, 0.05) is 12.4 Å². The van der Waals surface area contributed by atoms with Crippen molar-refractivity contribution in [2.45, 2.75) is 13.5 Å². The van der Waals surface area contributed by atoms with Crippen molar-refractivity contribution in [3.05, 3.63) is 78.6 Å². The molecular formula is C22H18N4O5. The number of rotatable bonds is 8. The van der Waals surface area contributed by atoms with Gasteiger partial charge in [0.25, 0.3) is 5.89 Å². The van der Waals surface area contributed by atoms with Crippen LogP contribution in [0.3, 0.4) is 0 Å². The smallest absolute Gasteiger partial charge is 0.344 e. The zero-order valence-corrected chi connectivity index (χ0v) is 16.6. The van der Waals surface area contributed by atoms with Crippen molar-refractivity contribution in [3.8, 4) is 28.8 Å². The van der Waals surface area contributed by atoms with E-state index in [-0.39, 0.29) is 23.9 Å². The lowest BCUT2D eigenvalue weighted by atomic mass is 10.2. The second kappa shape index (κ2) is 9.49. The number of benzene rings is 1. The molecule has 0 atom stereocenters. The molecule has 9 heteroatoms. The monoisotopic (exact) mass is 418 g/mol. The molecule has 0 aliphatic heterocycles.